The van der Waals surface area contributed by atoms with Crippen molar-refractivity contribution in [3.63, 3.8) is 0 Å². The number of hydrogen-bond acceptors (Lipinski definition) is 4. The molecule has 0 heterocycles. The third-order valence-electron chi connectivity index (χ3n) is 2.98. The molecule has 0 saturated carbocycles. The second kappa shape index (κ2) is 9.44. The molecule has 0 aliphatic rings. The molecule has 0 spiro atoms. The molecule has 0 unspecified atom stereocenters. The molecule has 0 radical (unpaired) electrons. The molecule has 0 atom stereocenters. The van der Waals surface area contributed by atoms with Crippen LogP contribution in [0.25, 0.3) is 0 Å². The maximum atomic E-state index is 11.7. The van der Waals surface area contributed by atoms with Crippen LogP contribution < -0.4 is 20.1 Å². The van der Waals surface area contributed by atoms with Crippen LogP contribution in [0.1, 0.15) is 12.0 Å². The summed E-state index contributed by atoms with van der Waals surface area (Å²) in [4.78, 5) is 23.0. The van der Waals surface area contributed by atoms with Crippen molar-refractivity contribution in [3.8, 4) is 11.5 Å². The lowest BCUT2D eigenvalue weighted by Gasteiger charge is -2.09. The molecule has 22 heavy (non-hydrogen) atoms. The van der Waals surface area contributed by atoms with Gasteiger partial charge in [0.2, 0.25) is 11.8 Å². The van der Waals surface area contributed by atoms with Gasteiger partial charge in [0.05, 0.1) is 20.8 Å². The number of nitrogens with one attached hydrogen (secondary N) is 2. The average molecular weight is 306 g/mol. The van der Waals surface area contributed by atoms with E-state index in [2.05, 4.69) is 17.2 Å². The molecule has 0 aliphatic heterocycles. The van der Waals surface area contributed by atoms with Gasteiger partial charge < -0.3 is 20.1 Å². The second-order valence-electron chi connectivity index (χ2n) is 4.56. The molecule has 6 nitrogen and oxygen atoms in total. The summed E-state index contributed by atoms with van der Waals surface area (Å²) in [6.07, 6.45) is 2.43. The summed E-state index contributed by atoms with van der Waals surface area (Å²) in [7, 11) is 3.14. The van der Waals surface area contributed by atoms with Crippen LogP contribution in [0.5, 0.6) is 11.5 Å². The van der Waals surface area contributed by atoms with E-state index in [1.165, 1.54) is 0 Å². The highest BCUT2D eigenvalue weighted by Crippen LogP contribution is 2.27. The van der Waals surface area contributed by atoms with Crippen LogP contribution in [-0.2, 0) is 16.0 Å². The van der Waals surface area contributed by atoms with Gasteiger partial charge in [-0.15, -0.1) is 6.58 Å². The Morgan fingerprint density at radius 3 is 2.50 bits per heavy atom. The van der Waals surface area contributed by atoms with E-state index in [4.69, 9.17) is 9.47 Å². The highest BCUT2D eigenvalue weighted by molar-refractivity contribution is 5.84. The van der Waals surface area contributed by atoms with Gasteiger partial charge in [-0.2, -0.15) is 0 Å². The Balaban J connectivity index is 2.40. The number of rotatable bonds is 9. The summed E-state index contributed by atoms with van der Waals surface area (Å²) in [5, 5.41) is 5.16. The fraction of sp³-hybridized carbons (Fsp3) is 0.375. The molecule has 0 fully saturated rings. The van der Waals surface area contributed by atoms with Crippen LogP contribution in [0.3, 0.4) is 0 Å². The normalized spacial score (nSPS) is 9.73. The highest BCUT2D eigenvalue weighted by atomic mass is 16.5. The molecule has 0 aromatic heterocycles. The molecule has 1 rings (SSSR count). The fourth-order valence-electron chi connectivity index (χ4n) is 1.81. The molecule has 120 valence electrons. The van der Waals surface area contributed by atoms with E-state index in [0.29, 0.717) is 30.9 Å². The Labute approximate surface area is 130 Å². The van der Waals surface area contributed by atoms with Gasteiger partial charge in [-0.1, -0.05) is 12.1 Å². The van der Waals surface area contributed by atoms with Crippen molar-refractivity contribution in [2.24, 2.45) is 0 Å². The van der Waals surface area contributed by atoms with Crippen LogP contribution in [-0.4, -0.2) is 39.1 Å². The standard InChI is InChI=1S/C16H22N2O4/c1-4-9-17-16(20)11-18-15(19)8-6-12-5-7-13(21-2)14(10-12)22-3/h4-5,7,10H,1,6,8-9,11H2,2-3H3,(H,17,20)(H,18,19). The van der Waals surface area contributed by atoms with Crippen LogP contribution in [0, 0.1) is 0 Å². The zero-order valence-electron chi connectivity index (χ0n) is 13.0. The van der Waals surface area contributed by atoms with Gasteiger partial charge in [-0.25, -0.2) is 0 Å². The van der Waals surface area contributed by atoms with Gasteiger partial charge in [0.1, 0.15) is 0 Å². The van der Waals surface area contributed by atoms with Gasteiger partial charge in [0.15, 0.2) is 11.5 Å². The number of hydrogen-bond donors (Lipinski definition) is 2. The third kappa shape index (κ3) is 5.87. The van der Waals surface area contributed by atoms with Crippen LogP contribution in [0.15, 0.2) is 30.9 Å². The SMILES string of the molecule is C=CCNC(=O)CNC(=O)CCc1ccc(OC)c(OC)c1. The summed E-state index contributed by atoms with van der Waals surface area (Å²) >= 11 is 0. The monoisotopic (exact) mass is 306 g/mol. The van der Waals surface area contributed by atoms with E-state index in [9.17, 15) is 9.59 Å². The minimum absolute atomic E-state index is 0.0292. The smallest absolute Gasteiger partial charge is 0.239 e. The highest BCUT2D eigenvalue weighted by Gasteiger charge is 2.08. The van der Waals surface area contributed by atoms with Gasteiger partial charge in [-0.3, -0.25) is 9.59 Å². The predicted molar refractivity (Wildman–Crippen MR) is 84.1 cm³/mol. The minimum atomic E-state index is -0.237. The molecule has 0 saturated heterocycles. The Bertz CT molecular complexity index is 529. The Morgan fingerprint density at radius 1 is 1.14 bits per heavy atom. The minimum Gasteiger partial charge on any atom is -0.493 e. The fourth-order valence-corrected chi connectivity index (χ4v) is 1.81. The molecule has 1 aromatic rings. The Kier molecular flexibility index (Phi) is 7.53. The molecular formula is C16H22N2O4. The van der Waals surface area contributed by atoms with Crippen molar-refractivity contribution in [1.29, 1.82) is 0 Å². The lowest BCUT2D eigenvalue weighted by atomic mass is 10.1. The number of benzene rings is 1. The predicted octanol–water partition coefficient (Wildman–Crippen LogP) is 1.05. The van der Waals surface area contributed by atoms with E-state index < -0.39 is 0 Å². The Hall–Kier alpha value is -2.50. The van der Waals surface area contributed by atoms with E-state index in [1.807, 2.05) is 12.1 Å². The number of methoxy groups -OCH3 is 2. The quantitative estimate of drug-likeness (QED) is 0.669. The molecule has 6 heteroatoms. The number of ether oxygens (including phenoxy) is 2. The van der Waals surface area contributed by atoms with Crippen LogP contribution in [0.2, 0.25) is 0 Å². The summed E-state index contributed by atoms with van der Waals surface area (Å²) in [5.74, 6) is 0.863. The third-order valence-corrected chi connectivity index (χ3v) is 2.98. The van der Waals surface area contributed by atoms with E-state index >= 15 is 0 Å². The van der Waals surface area contributed by atoms with Crippen molar-refractivity contribution in [3.05, 3.63) is 36.4 Å². The number of amides is 2. The molecule has 1 aromatic carbocycles. The molecular weight excluding hydrogens is 284 g/mol. The first kappa shape index (κ1) is 17.6. The van der Waals surface area contributed by atoms with E-state index in [1.54, 1.807) is 26.4 Å². The lowest BCUT2D eigenvalue weighted by molar-refractivity contribution is -0.126. The summed E-state index contributed by atoms with van der Waals surface area (Å²) in [6.45, 7) is 3.86. The van der Waals surface area contributed by atoms with Gasteiger partial charge >= 0.3 is 0 Å². The maximum Gasteiger partial charge on any atom is 0.239 e. The Morgan fingerprint density at radius 2 is 1.86 bits per heavy atom. The first-order valence-corrected chi connectivity index (χ1v) is 6.96. The van der Waals surface area contributed by atoms with Crippen molar-refractivity contribution in [2.75, 3.05) is 27.3 Å². The van der Waals surface area contributed by atoms with Gasteiger partial charge in [-0.05, 0) is 24.1 Å². The van der Waals surface area contributed by atoms with E-state index in [0.717, 1.165) is 5.56 Å². The summed E-state index contributed by atoms with van der Waals surface area (Å²) in [5.41, 5.74) is 0.962. The number of carbonyl (C=O) groups excluding carboxylic acids is 2. The lowest BCUT2D eigenvalue weighted by Crippen LogP contribution is -2.36. The second-order valence-corrected chi connectivity index (χ2v) is 4.56. The van der Waals surface area contributed by atoms with Crippen LogP contribution in [0.4, 0.5) is 0 Å². The molecule has 2 N–H and O–H groups in total. The van der Waals surface area contributed by atoms with E-state index in [-0.39, 0.29) is 18.4 Å². The number of carbonyl (C=O) groups is 2. The topological polar surface area (TPSA) is 76.7 Å². The summed E-state index contributed by atoms with van der Waals surface area (Å²) < 4.78 is 10.4. The van der Waals surface area contributed by atoms with Gasteiger partial charge in [0.25, 0.3) is 0 Å². The van der Waals surface area contributed by atoms with Gasteiger partial charge in [0, 0.05) is 13.0 Å². The van der Waals surface area contributed by atoms with Crippen molar-refractivity contribution >= 4 is 11.8 Å². The van der Waals surface area contributed by atoms with Crippen molar-refractivity contribution in [2.45, 2.75) is 12.8 Å². The largest absolute Gasteiger partial charge is 0.493 e. The van der Waals surface area contributed by atoms with Crippen molar-refractivity contribution in [1.82, 2.24) is 10.6 Å². The first-order valence-electron chi connectivity index (χ1n) is 6.96. The molecule has 0 bridgehead atoms. The zero-order chi connectivity index (χ0) is 16.4. The number of aryl methyl sites for hydroxylation is 1. The van der Waals surface area contributed by atoms with Crippen LogP contribution >= 0.6 is 0 Å². The molecule has 0 aliphatic carbocycles. The average Bonchev–Trinajstić information content (AvgIpc) is 2.55. The maximum absolute atomic E-state index is 11.7. The molecule has 2 amide bonds. The zero-order valence-corrected chi connectivity index (χ0v) is 13.0. The summed E-state index contributed by atoms with van der Waals surface area (Å²) in [6, 6.07) is 5.52. The first-order chi connectivity index (χ1) is 10.6. The van der Waals surface area contributed by atoms with Crippen molar-refractivity contribution < 1.29 is 19.1 Å².